The van der Waals surface area contributed by atoms with Gasteiger partial charge in [0.1, 0.15) is 5.82 Å². The number of carbonyl (C=O) groups excluding carboxylic acids is 2. The summed E-state index contributed by atoms with van der Waals surface area (Å²) in [5.74, 6) is 0.607. The van der Waals surface area contributed by atoms with Crippen LogP contribution in [0.15, 0.2) is 72.4 Å². The third-order valence-electron chi connectivity index (χ3n) is 5.43. The lowest BCUT2D eigenvalue weighted by molar-refractivity contribution is 0.0983. The summed E-state index contributed by atoms with van der Waals surface area (Å²) >= 11 is 1.41. The molecule has 5 rings (SSSR count). The predicted octanol–water partition coefficient (Wildman–Crippen LogP) is 4.71. The van der Waals surface area contributed by atoms with Crippen molar-refractivity contribution in [2.45, 2.75) is 20.0 Å². The van der Waals surface area contributed by atoms with Crippen LogP contribution in [-0.2, 0) is 13.1 Å². The quantitative estimate of drug-likeness (QED) is 0.514. The molecule has 1 aliphatic rings. The van der Waals surface area contributed by atoms with E-state index in [1.165, 1.54) is 11.3 Å². The first-order valence-corrected chi connectivity index (χ1v) is 10.8. The maximum atomic E-state index is 13.4. The summed E-state index contributed by atoms with van der Waals surface area (Å²) in [4.78, 5) is 32.7. The van der Waals surface area contributed by atoms with E-state index in [2.05, 4.69) is 14.9 Å². The number of aromatic nitrogens is 2. The molecule has 1 aliphatic heterocycles. The first-order chi connectivity index (χ1) is 15.1. The Balaban J connectivity index is 1.40. The first kappa shape index (κ1) is 19.3. The lowest BCUT2D eigenvalue weighted by atomic mass is 10.1. The van der Waals surface area contributed by atoms with E-state index in [4.69, 9.17) is 0 Å². The summed E-state index contributed by atoms with van der Waals surface area (Å²) in [7, 11) is 0. The van der Waals surface area contributed by atoms with Crippen molar-refractivity contribution in [1.82, 2.24) is 9.55 Å². The lowest BCUT2D eigenvalue weighted by Gasteiger charge is -2.22. The molecule has 0 fully saturated rings. The van der Waals surface area contributed by atoms with E-state index in [1.54, 1.807) is 35.4 Å². The fourth-order valence-corrected chi connectivity index (χ4v) is 4.60. The molecule has 0 unspecified atom stereocenters. The summed E-state index contributed by atoms with van der Waals surface area (Å²) in [5, 5.41) is 4.80. The smallest absolute Gasteiger partial charge is 0.265 e. The van der Waals surface area contributed by atoms with Gasteiger partial charge in [0, 0.05) is 29.3 Å². The van der Waals surface area contributed by atoms with Gasteiger partial charge in [0.05, 0.1) is 18.0 Å². The van der Waals surface area contributed by atoms with Gasteiger partial charge in [0.25, 0.3) is 11.8 Å². The minimum Gasteiger partial charge on any atom is -0.329 e. The van der Waals surface area contributed by atoms with Gasteiger partial charge in [-0.1, -0.05) is 18.2 Å². The van der Waals surface area contributed by atoms with E-state index in [9.17, 15) is 9.59 Å². The largest absolute Gasteiger partial charge is 0.329 e. The van der Waals surface area contributed by atoms with Gasteiger partial charge in [-0.2, -0.15) is 0 Å². The number of para-hydroxylation sites is 1. The number of anilines is 2. The van der Waals surface area contributed by atoms with E-state index in [1.807, 2.05) is 48.8 Å². The Morgan fingerprint density at radius 3 is 2.61 bits per heavy atom. The molecule has 0 atom stereocenters. The van der Waals surface area contributed by atoms with Crippen molar-refractivity contribution in [3.05, 3.63) is 99.8 Å². The second-order valence-electron chi connectivity index (χ2n) is 7.46. The Hall–Kier alpha value is -3.71. The number of benzene rings is 2. The van der Waals surface area contributed by atoms with Gasteiger partial charge >= 0.3 is 0 Å². The standard InChI is InChI=1S/C24H20N4O2S/c1-16-10-13-31-22(16)23(29)26-19-8-6-17(7-9-19)24(30)28-15-21-25-11-12-27(21)14-18-4-2-3-5-20(18)28/h2-13H,14-15H2,1H3,(H,26,29). The molecule has 2 aromatic carbocycles. The highest BCUT2D eigenvalue weighted by Crippen LogP contribution is 2.28. The Bertz CT molecular complexity index is 1270. The van der Waals surface area contributed by atoms with Crippen LogP contribution in [0.2, 0.25) is 0 Å². The number of hydrogen-bond donors (Lipinski definition) is 1. The van der Waals surface area contributed by atoms with Gasteiger partial charge in [-0.05, 0) is 59.8 Å². The molecule has 154 valence electrons. The number of nitrogens with one attached hydrogen (secondary N) is 1. The topological polar surface area (TPSA) is 67.2 Å². The molecule has 1 N–H and O–H groups in total. The van der Waals surface area contributed by atoms with E-state index >= 15 is 0 Å². The van der Waals surface area contributed by atoms with Crippen LogP contribution < -0.4 is 10.2 Å². The van der Waals surface area contributed by atoms with E-state index in [0.29, 0.717) is 29.2 Å². The van der Waals surface area contributed by atoms with Crippen LogP contribution in [0.1, 0.15) is 37.0 Å². The molecule has 6 nitrogen and oxygen atoms in total. The van der Waals surface area contributed by atoms with Crippen molar-refractivity contribution in [1.29, 1.82) is 0 Å². The van der Waals surface area contributed by atoms with Crippen LogP contribution in [0.3, 0.4) is 0 Å². The summed E-state index contributed by atoms with van der Waals surface area (Å²) in [6.45, 7) is 3.00. The third-order valence-corrected chi connectivity index (χ3v) is 6.44. The van der Waals surface area contributed by atoms with E-state index in [-0.39, 0.29) is 11.8 Å². The fraction of sp³-hybridized carbons (Fsp3) is 0.125. The molecule has 2 aromatic heterocycles. The van der Waals surface area contributed by atoms with Gasteiger partial charge in [-0.25, -0.2) is 4.98 Å². The lowest BCUT2D eigenvalue weighted by Crippen LogP contribution is -2.30. The molecule has 7 heteroatoms. The Morgan fingerprint density at radius 2 is 1.84 bits per heavy atom. The summed E-state index contributed by atoms with van der Waals surface area (Å²) < 4.78 is 2.07. The molecule has 31 heavy (non-hydrogen) atoms. The molecule has 0 aliphatic carbocycles. The van der Waals surface area contributed by atoms with Crippen molar-refractivity contribution in [2.24, 2.45) is 0 Å². The number of nitrogens with zero attached hydrogens (tertiary/aromatic N) is 3. The zero-order chi connectivity index (χ0) is 21.4. The average Bonchev–Trinajstić information content (AvgIpc) is 3.38. The molecule has 0 bridgehead atoms. The Labute approximate surface area is 183 Å². The van der Waals surface area contributed by atoms with Crippen molar-refractivity contribution in [3.63, 3.8) is 0 Å². The summed E-state index contributed by atoms with van der Waals surface area (Å²) in [6.07, 6.45) is 3.70. The van der Waals surface area contributed by atoms with Crippen LogP contribution in [0, 0.1) is 6.92 Å². The molecule has 0 saturated carbocycles. The van der Waals surface area contributed by atoms with Crippen LogP contribution >= 0.6 is 11.3 Å². The van der Waals surface area contributed by atoms with Gasteiger partial charge in [0.15, 0.2) is 0 Å². The predicted molar refractivity (Wildman–Crippen MR) is 122 cm³/mol. The second kappa shape index (κ2) is 7.85. The number of rotatable bonds is 3. The molecule has 0 saturated heterocycles. The molecule has 2 amide bonds. The number of carbonyl (C=O) groups is 2. The zero-order valence-electron chi connectivity index (χ0n) is 16.9. The van der Waals surface area contributed by atoms with Crippen molar-refractivity contribution in [3.8, 4) is 0 Å². The van der Waals surface area contributed by atoms with Crippen LogP contribution in [0.5, 0.6) is 0 Å². The maximum Gasteiger partial charge on any atom is 0.265 e. The van der Waals surface area contributed by atoms with E-state index < -0.39 is 0 Å². The molecular weight excluding hydrogens is 408 g/mol. The number of amides is 2. The maximum absolute atomic E-state index is 13.4. The molecule has 4 aromatic rings. The zero-order valence-corrected chi connectivity index (χ0v) is 17.7. The summed E-state index contributed by atoms with van der Waals surface area (Å²) in [5.41, 5.74) is 4.13. The molecule has 3 heterocycles. The number of hydrogen-bond acceptors (Lipinski definition) is 4. The highest BCUT2D eigenvalue weighted by Gasteiger charge is 2.25. The highest BCUT2D eigenvalue weighted by atomic mass is 32.1. The van der Waals surface area contributed by atoms with Crippen LogP contribution in [0.4, 0.5) is 11.4 Å². The Morgan fingerprint density at radius 1 is 1.03 bits per heavy atom. The molecular formula is C24H20N4O2S. The third kappa shape index (κ3) is 3.64. The second-order valence-corrected chi connectivity index (χ2v) is 8.37. The van der Waals surface area contributed by atoms with Gasteiger partial charge in [0.2, 0.25) is 0 Å². The Kier molecular flexibility index (Phi) is 4.88. The van der Waals surface area contributed by atoms with Crippen molar-refractivity contribution < 1.29 is 9.59 Å². The number of aryl methyl sites for hydroxylation is 1. The monoisotopic (exact) mass is 428 g/mol. The number of imidazole rings is 1. The van der Waals surface area contributed by atoms with Gasteiger partial charge < -0.3 is 14.8 Å². The summed E-state index contributed by atoms with van der Waals surface area (Å²) in [6, 6.07) is 16.9. The average molecular weight is 429 g/mol. The van der Waals surface area contributed by atoms with E-state index in [0.717, 1.165) is 22.6 Å². The number of thiophene rings is 1. The first-order valence-electron chi connectivity index (χ1n) is 9.95. The van der Waals surface area contributed by atoms with Crippen molar-refractivity contribution >= 4 is 34.5 Å². The van der Waals surface area contributed by atoms with Gasteiger partial charge in [-0.3, -0.25) is 9.59 Å². The molecule has 0 spiro atoms. The highest BCUT2D eigenvalue weighted by molar-refractivity contribution is 7.12. The molecule has 0 radical (unpaired) electrons. The normalized spacial score (nSPS) is 12.6. The van der Waals surface area contributed by atoms with Gasteiger partial charge in [-0.15, -0.1) is 11.3 Å². The number of fused-ring (bicyclic) bond motifs is 2. The van der Waals surface area contributed by atoms with Crippen molar-refractivity contribution in [2.75, 3.05) is 10.2 Å². The minimum atomic E-state index is -0.139. The van der Waals surface area contributed by atoms with Crippen LogP contribution in [0.25, 0.3) is 0 Å². The minimum absolute atomic E-state index is 0.101. The SMILES string of the molecule is Cc1ccsc1C(=O)Nc1ccc(C(=O)N2Cc3nccn3Cc3ccccc32)cc1. The van der Waals surface area contributed by atoms with Crippen LogP contribution in [-0.4, -0.2) is 21.4 Å². The fourth-order valence-electron chi connectivity index (χ4n) is 3.78.